The van der Waals surface area contributed by atoms with Crippen LogP contribution in [0.4, 0.5) is 5.95 Å². The Bertz CT molecular complexity index is 1260. The van der Waals surface area contributed by atoms with Crippen LogP contribution in [-0.2, 0) is 9.84 Å². The van der Waals surface area contributed by atoms with Gasteiger partial charge in [0.05, 0.1) is 27.7 Å². The number of aromatic nitrogens is 4. The van der Waals surface area contributed by atoms with Gasteiger partial charge in [-0.2, -0.15) is 10.1 Å². The third-order valence-corrected chi connectivity index (χ3v) is 9.75. The van der Waals surface area contributed by atoms with E-state index in [1.54, 1.807) is 12.1 Å². The molecular formula is C26H35N5O3S. The first-order valence-corrected chi connectivity index (χ1v) is 14.5. The molecule has 2 saturated carbocycles. The Balaban J connectivity index is 1.50. The number of benzene rings is 1. The van der Waals surface area contributed by atoms with Gasteiger partial charge in [-0.1, -0.05) is 38.3 Å². The molecule has 2 heterocycles. The molecule has 2 aliphatic rings. The van der Waals surface area contributed by atoms with Gasteiger partial charge in [-0.3, -0.25) is 0 Å². The number of nitrogens with one attached hydrogen (secondary N) is 1. The van der Waals surface area contributed by atoms with E-state index < -0.39 is 9.84 Å². The normalized spacial score (nSPS) is 21.5. The largest absolute Gasteiger partial charge is 0.393 e. The number of unbranched alkanes of at least 4 members (excludes halogenated alkanes) is 1. The second-order valence-corrected chi connectivity index (χ2v) is 12.2. The van der Waals surface area contributed by atoms with Gasteiger partial charge < -0.3 is 10.4 Å². The van der Waals surface area contributed by atoms with E-state index >= 15 is 0 Å². The summed E-state index contributed by atoms with van der Waals surface area (Å²) in [7, 11) is -3.30. The van der Waals surface area contributed by atoms with Crippen LogP contribution in [-0.4, -0.2) is 51.2 Å². The number of nitrogens with zero attached hydrogens (tertiary/aromatic N) is 4. The van der Waals surface area contributed by atoms with E-state index in [1.807, 2.05) is 23.0 Å². The van der Waals surface area contributed by atoms with Crippen molar-refractivity contribution in [1.82, 2.24) is 19.7 Å². The Morgan fingerprint density at radius 3 is 2.46 bits per heavy atom. The summed E-state index contributed by atoms with van der Waals surface area (Å²) in [5, 5.41) is 18.9. The van der Waals surface area contributed by atoms with Crippen LogP contribution in [0.1, 0.15) is 77.2 Å². The van der Waals surface area contributed by atoms with Crippen LogP contribution in [0.25, 0.3) is 22.3 Å². The standard InChI is InChI=1S/C26H35N5O3S/c1-2-3-16-27-26-28-17-23-24(30-31(25(23)29-26)19-10-12-20(32)13-11-19)18-8-14-22(15-9-18)35(33,34)21-6-4-5-7-21/h8-9,14-15,17,19-21,32H,2-7,10-13,16H2,1H3,(H,27,28,29)/t19-,20-. The monoisotopic (exact) mass is 497 g/mol. The quantitative estimate of drug-likeness (QED) is 0.426. The van der Waals surface area contributed by atoms with E-state index in [-0.39, 0.29) is 17.4 Å². The summed E-state index contributed by atoms with van der Waals surface area (Å²) in [6, 6.07) is 7.30. The van der Waals surface area contributed by atoms with Crippen LogP contribution in [0.5, 0.6) is 0 Å². The smallest absolute Gasteiger partial charge is 0.224 e. The van der Waals surface area contributed by atoms with Gasteiger partial charge in [0, 0.05) is 18.3 Å². The first-order chi connectivity index (χ1) is 17.0. The number of sulfone groups is 1. The molecule has 0 saturated heterocycles. The SMILES string of the molecule is CCCCNc1ncc2c(-c3ccc(S(=O)(=O)C4CCCC4)cc3)nn([C@H]3CC[C@H](O)CC3)c2n1. The van der Waals surface area contributed by atoms with Crippen molar-refractivity contribution in [3.05, 3.63) is 30.5 Å². The van der Waals surface area contributed by atoms with E-state index in [2.05, 4.69) is 17.2 Å². The molecule has 9 heteroatoms. The third-order valence-electron chi connectivity index (χ3n) is 7.47. The van der Waals surface area contributed by atoms with Crippen LogP contribution < -0.4 is 5.32 Å². The van der Waals surface area contributed by atoms with Crippen LogP contribution in [0.3, 0.4) is 0 Å². The maximum atomic E-state index is 13.0. The van der Waals surface area contributed by atoms with Gasteiger partial charge in [-0.25, -0.2) is 18.1 Å². The van der Waals surface area contributed by atoms with Crippen LogP contribution >= 0.6 is 0 Å². The lowest BCUT2D eigenvalue weighted by molar-refractivity contribution is 0.109. The number of hydrogen-bond acceptors (Lipinski definition) is 7. The van der Waals surface area contributed by atoms with Gasteiger partial charge >= 0.3 is 0 Å². The first-order valence-electron chi connectivity index (χ1n) is 13.0. The highest BCUT2D eigenvalue weighted by Gasteiger charge is 2.30. The number of hydrogen-bond donors (Lipinski definition) is 2. The summed E-state index contributed by atoms with van der Waals surface area (Å²) in [5.74, 6) is 0.590. The molecule has 8 nitrogen and oxygen atoms in total. The zero-order valence-corrected chi connectivity index (χ0v) is 21.2. The minimum Gasteiger partial charge on any atom is -0.393 e. The Hall–Kier alpha value is -2.52. The minimum atomic E-state index is -3.30. The van der Waals surface area contributed by atoms with Crippen LogP contribution in [0, 0.1) is 0 Å². The Labute approximate surface area is 207 Å². The number of rotatable bonds is 8. The van der Waals surface area contributed by atoms with Crippen LogP contribution in [0.2, 0.25) is 0 Å². The second-order valence-electron chi connectivity index (χ2n) is 9.94. The molecule has 2 aliphatic carbocycles. The van der Waals surface area contributed by atoms with Crippen molar-refractivity contribution >= 4 is 26.8 Å². The van der Waals surface area contributed by atoms with Gasteiger partial charge in [-0.15, -0.1) is 0 Å². The highest BCUT2D eigenvalue weighted by atomic mass is 32.2. The Kier molecular flexibility index (Phi) is 7.07. The molecule has 5 rings (SSSR count). The highest BCUT2D eigenvalue weighted by Crippen LogP contribution is 2.35. The zero-order valence-electron chi connectivity index (χ0n) is 20.4. The lowest BCUT2D eigenvalue weighted by Crippen LogP contribution is -2.22. The Morgan fingerprint density at radius 2 is 1.77 bits per heavy atom. The number of fused-ring (bicyclic) bond motifs is 1. The van der Waals surface area contributed by atoms with Gasteiger partial charge in [0.15, 0.2) is 15.5 Å². The summed E-state index contributed by atoms with van der Waals surface area (Å²) in [4.78, 5) is 9.74. The molecule has 0 aliphatic heterocycles. The molecule has 3 aromatic rings. The van der Waals surface area contributed by atoms with Gasteiger partial charge in [-0.05, 0) is 57.1 Å². The summed E-state index contributed by atoms with van der Waals surface area (Å²) in [6.07, 6.45) is 10.4. The fourth-order valence-corrected chi connectivity index (χ4v) is 7.20. The van der Waals surface area contributed by atoms with Crippen molar-refractivity contribution in [1.29, 1.82) is 0 Å². The maximum absolute atomic E-state index is 13.0. The van der Waals surface area contributed by atoms with Crippen molar-refractivity contribution in [3.63, 3.8) is 0 Å². The van der Waals surface area contributed by atoms with Crippen molar-refractivity contribution in [2.75, 3.05) is 11.9 Å². The van der Waals surface area contributed by atoms with Crippen molar-refractivity contribution in [2.24, 2.45) is 0 Å². The van der Waals surface area contributed by atoms with Crippen molar-refractivity contribution in [2.45, 2.75) is 93.4 Å². The summed E-state index contributed by atoms with van der Waals surface area (Å²) < 4.78 is 28.0. The van der Waals surface area contributed by atoms with E-state index in [4.69, 9.17) is 10.1 Å². The van der Waals surface area contributed by atoms with Crippen LogP contribution in [0.15, 0.2) is 35.4 Å². The third kappa shape index (κ3) is 4.93. The van der Waals surface area contributed by atoms with E-state index in [0.29, 0.717) is 10.8 Å². The molecule has 0 radical (unpaired) electrons. The zero-order chi connectivity index (χ0) is 24.4. The number of aliphatic hydroxyl groups is 1. The molecule has 1 aromatic carbocycles. The molecule has 2 aromatic heterocycles. The average molecular weight is 498 g/mol. The summed E-state index contributed by atoms with van der Waals surface area (Å²) in [6.45, 7) is 2.96. The molecule has 0 unspecified atom stereocenters. The molecule has 2 fully saturated rings. The predicted octanol–water partition coefficient (Wildman–Crippen LogP) is 4.90. The molecule has 0 bridgehead atoms. The fraction of sp³-hybridized carbons (Fsp3) is 0.577. The van der Waals surface area contributed by atoms with E-state index in [1.165, 1.54) is 0 Å². The molecule has 0 atom stereocenters. The number of aliphatic hydroxyl groups excluding tert-OH is 1. The topological polar surface area (TPSA) is 110 Å². The predicted molar refractivity (Wildman–Crippen MR) is 137 cm³/mol. The van der Waals surface area contributed by atoms with Gasteiger partial charge in [0.1, 0.15) is 5.69 Å². The number of anilines is 1. The lowest BCUT2D eigenvalue weighted by Gasteiger charge is -2.25. The summed E-state index contributed by atoms with van der Waals surface area (Å²) in [5.41, 5.74) is 2.39. The van der Waals surface area contributed by atoms with Gasteiger partial charge in [0.2, 0.25) is 5.95 Å². The average Bonchev–Trinajstić information content (AvgIpc) is 3.54. The highest BCUT2D eigenvalue weighted by molar-refractivity contribution is 7.92. The second kappa shape index (κ2) is 10.2. The fourth-order valence-electron chi connectivity index (χ4n) is 5.35. The first kappa shape index (κ1) is 24.2. The van der Waals surface area contributed by atoms with Crippen molar-refractivity contribution < 1.29 is 13.5 Å². The molecule has 35 heavy (non-hydrogen) atoms. The Morgan fingerprint density at radius 1 is 1.06 bits per heavy atom. The molecule has 2 N–H and O–H groups in total. The van der Waals surface area contributed by atoms with E-state index in [0.717, 1.165) is 93.0 Å². The summed E-state index contributed by atoms with van der Waals surface area (Å²) >= 11 is 0. The van der Waals surface area contributed by atoms with E-state index in [9.17, 15) is 13.5 Å². The maximum Gasteiger partial charge on any atom is 0.224 e. The minimum absolute atomic E-state index is 0.162. The van der Waals surface area contributed by atoms with Gasteiger partial charge in [0.25, 0.3) is 0 Å². The molecular weight excluding hydrogens is 462 g/mol. The molecule has 0 spiro atoms. The molecule has 0 amide bonds. The lowest BCUT2D eigenvalue weighted by atomic mass is 9.93. The molecule has 188 valence electrons. The van der Waals surface area contributed by atoms with Crippen molar-refractivity contribution in [3.8, 4) is 11.3 Å².